The maximum absolute atomic E-state index is 13.1. The summed E-state index contributed by atoms with van der Waals surface area (Å²) in [7, 11) is -1.82. The van der Waals surface area contributed by atoms with Gasteiger partial charge in [-0.15, -0.1) is 29.3 Å². The molecule has 0 aliphatic heterocycles. The third-order valence-corrected chi connectivity index (χ3v) is 8.14. The van der Waals surface area contributed by atoms with E-state index in [4.69, 9.17) is 0 Å². The van der Waals surface area contributed by atoms with Gasteiger partial charge in [0.05, 0.1) is 11.1 Å². The lowest BCUT2D eigenvalue weighted by Gasteiger charge is -2.10. The second-order valence-electron chi connectivity index (χ2n) is 5.63. The Morgan fingerprint density at radius 3 is 2.89 bits per heavy atom. The van der Waals surface area contributed by atoms with Crippen LogP contribution in [0.1, 0.15) is 6.42 Å². The lowest BCUT2D eigenvalue weighted by molar-refractivity contribution is 0.587. The normalized spacial score (nSPS) is 11.9. The van der Waals surface area contributed by atoms with Crippen molar-refractivity contribution in [1.82, 2.24) is 14.3 Å². The number of hydrogen-bond donors (Lipinski definition) is 1. The average Bonchev–Trinajstić information content (AvgIpc) is 3.31. The van der Waals surface area contributed by atoms with Crippen LogP contribution in [0.3, 0.4) is 0 Å². The van der Waals surface area contributed by atoms with Crippen molar-refractivity contribution in [2.45, 2.75) is 18.1 Å². The maximum Gasteiger partial charge on any atom is 0.263 e. The number of aromatic nitrogens is 2. The van der Waals surface area contributed by atoms with Gasteiger partial charge in [0.25, 0.3) is 5.56 Å². The van der Waals surface area contributed by atoms with Crippen molar-refractivity contribution >= 4 is 54.7 Å². The van der Waals surface area contributed by atoms with Gasteiger partial charge in [0.2, 0.25) is 10.0 Å². The van der Waals surface area contributed by atoms with E-state index in [1.54, 1.807) is 22.0 Å². The van der Waals surface area contributed by atoms with E-state index in [9.17, 15) is 13.2 Å². The Balaban J connectivity index is 1.93. The van der Waals surface area contributed by atoms with Gasteiger partial charge >= 0.3 is 0 Å². The zero-order valence-electron chi connectivity index (χ0n) is 14.7. The van der Waals surface area contributed by atoms with Gasteiger partial charge in [-0.2, -0.15) is 0 Å². The molecule has 0 atom stereocenters. The lowest BCUT2D eigenvalue weighted by atomic mass is 10.2. The van der Waals surface area contributed by atoms with Crippen molar-refractivity contribution < 1.29 is 8.42 Å². The first-order valence-electron chi connectivity index (χ1n) is 8.17. The van der Waals surface area contributed by atoms with Crippen LogP contribution in [0.2, 0.25) is 0 Å². The van der Waals surface area contributed by atoms with Gasteiger partial charge in [0.1, 0.15) is 4.83 Å². The van der Waals surface area contributed by atoms with E-state index in [1.165, 1.54) is 30.1 Å². The first-order chi connectivity index (χ1) is 13.0. The highest BCUT2D eigenvalue weighted by atomic mass is 32.2. The Kier molecular flexibility index (Phi) is 6.53. The summed E-state index contributed by atoms with van der Waals surface area (Å²) in [5.74, 6) is 0.602. The van der Waals surface area contributed by atoms with Gasteiger partial charge in [0, 0.05) is 28.1 Å². The Morgan fingerprint density at radius 1 is 1.41 bits per heavy atom. The van der Waals surface area contributed by atoms with Crippen LogP contribution in [-0.2, 0) is 16.6 Å². The molecule has 1 N–H and O–H groups in total. The molecule has 144 valence electrons. The SMILES string of the molecule is C=CCn1c(SCCCS(=O)(=O)NC)nc2scc(-c3cccs3)c2c1=O. The largest absolute Gasteiger partial charge is 0.283 e. The first-order valence-corrected chi connectivity index (χ1v) is 12.6. The van der Waals surface area contributed by atoms with Gasteiger partial charge < -0.3 is 0 Å². The van der Waals surface area contributed by atoms with Gasteiger partial charge in [-0.1, -0.05) is 23.9 Å². The van der Waals surface area contributed by atoms with E-state index in [0.717, 1.165) is 10.4 Å². The summed E-state index contributed by atoms with van der Waals surface area (Å²) >= 11 is 4.44. The van der Waals surface area contributed by atoms with Crippen molar-refractivity contribution in [3.05, 3.63) is 45.9 Å². The molecule has 3 aromatic heterocycles. The predicted octanol–water partition coefficient (Wildman–Crippen LogP) is 3.40. The number of nitrogens with one attached hydrogen (secondary N) is 1. The topological polar surface area (TPSA) is 81.1 Å². The summed E-state index contributed by atoms with van der Waals surface area (Å²) in [5, 5.41) is 5.18. The Labute approximate surface area is 170 Å². The second-order valence-corrected chi connectivity index (χ2v) is 10.5. The molecule has 0 aliphatic rings. The number of hydrogen-bond acceptors (Lipinski definition) is 7. The lowest BCUT2D eigenvalue weighted by Crippen LogP contribution is -2.23. The van der Waals surface area contributed by atoms with Crippen LogP contribution < -0.4 is 10.3 Å². The minimum Gasteiger partial charge on any atom is -0.283 e. The molecule has 3 aromatic rings. The van der Waals surface area contributed by atoms with Crippen LogP contribution >= 0.6 is 34.4 Å². The Hall–Kier alpha value is -1.46. The molecule has 10 heteroatoms. The van der Waals surface area contributed by atoms with Crippen molar-refractivity contribution in [2.75, 3.05) is 18.6 Å². The standard InChI is InChI=1S/C17H19N3O3S4/c1-3-7-20-16(21)14-12(13-6-4-8-24-13)11-26-15(14)19-17(20)25-9-5-10-27(22,23)18-2/h3-4,6,8,11,18H,1,5,7,9-10H2,2H3. The Morgan fingerprint density at radius 2 is 2.22 bits per heavy atom. The third-order valence-electron chi connectivity index (χ3n) is 3.86. The molecule has 27 heavy (non-hydrogen) atoms. The molecule has 0 radical (unpaired) electrons. The molecule has 0 aromatic carbocycles. The minimum absolute atomic E-state index is 0.0476. The highest BCUT2D eigenvalue weighted by molar-refractivity contribution is 7.99. The molecule has 3 rings (SSSR count). The zero-order chi connectivity index (χ0) is 19.4. The summed E-state index contributed by atoms with van der Waals surface area (Å²) in [6.45, 7) is 4.10. The molecule has 0 saturated heterocycles. The number of thioether (sulfide) groups is 1. The summed E-state index contributed by atoms with van der Waals surface area (Å²) in [6.07, 6.45) is 2.14. The number of rotatable bonds is 9. The van der Waals surface area contributed by atoms with Gasteiger partial charge in [0.15, 0.2) is 5.16 Å². The summed E-state index contributed by atoms with van der Waals surface area (Å²) in [4.78, 5) is 19.5. The van der Waals surface area contributed by atoms with Crippen LogP contribution in [0.15, 0.2) is 45.5 Å². The smallest absolute Gasteiger partial charge is 0.263 e. The summed E-state index contributed by atoms with van der Waals surface area (Å²) in [6, 6.07) is 3.96. The molecule has 3 heterocycles. The number of thiophene rings is 2. The highest BCUT2D eigenvalue weighted by Crippen LogP contribution is 2.34. The molecule has 0 fully saturated rings. The quantitative estimate of drug-likeness (QED) is 0.238. The van der Waals surface area contributed by atoms with E-state index in [2.05, 4.69) is 16.3 Å². The van der Waals surface area contributed by atoms with Crippen molar-refractivity contribution in [3.8, 4) is 10.4 Å². The molecule has 0 saturated carbocycles. The third kappa shape index (κ3) is 4.52. The molecule has 6 nitrogen and oxygen atoms in total. The van der Waals surface area contributed by atoms with E-state index in [1.807, 2.05) is 22.9 Å². The fourth-order valence-electron chi connectivity index (χ4n) is 2.53. The number of sulfonamides is 1. The highest BCUT2D eigenvalue weighted by Gasteiger charge is 2.17. The van der Waals surface area contributed by atoms with Crippen molar-refractivity contribution in [2.24, 2.45) is 0 Å². The molecular weight excluding hydrogens is 422 g/mol. The molecule has 0 aliphatic carbocycles. The van der Waals surface area contributed by atoms with E-state index < -0.39 is 10.0 Å². The fourth-order valence-corrected chi connectivity index (χ4v) is 6.20. The predicted molar refractivity (Wildman–Crippen MR) is 116 cm³/mol. The number of fused-ring (bicyclic) bond motifs is 1. The monoisotopic (exact) mass is 441 g/mol. The van der Waals surface area contributed by atoms with Crippen molar-refractivity contribution in [3.63, 3.8) is 0 Å². The van der Waals surface area contributed by atoms with E-state index in [-0.39, 0.29) is 11.3 Å². The van der Waals surface area contributed by atoms with Crippen LogP contribution in [0, 0.1) is 0 Å². The first kappa shape index (κ1) is 20.3. The second kappa shape index (κ2) is 8.70. The maximum atomic E-state index is 13.1. The summed E-state index contributed by atoms with van der Waals surface area (Å²) in [5.41, 5.74) is 0.826. The van der Waals surface area contributed by atoms with Gasteiger partial charge in [-0.05, 0) is 24.9 Å². The van der Waals surface area contributed by atoms with Crippen molar-refractivity contribution in [1.29, 1.82) is 0 Å². The van der Waals surface area contributed by atoms with Crippen LogP contribution in [0.5, 0.6) is 0 Å². The molecular formula is C17H19N3O3S4. The van der Waals surface area contributed by atoms with Gasteiger partial charge in [-0.25, -0.2) is 18.1 Å². The van der Waals surface area contributed by atoms with Crippen LogP contribution in [-0.4, -0.2) is 36.5 Å². The Bertz CT molecular complexity index is 1100. The summed E-state index contributed by atoms with van der Waals surface area (Å²) < 4.78 is 27.0. The zero-order valence-corrected chi connectivity index (χ0v) is 17.9. The fraction of sp³-hybridized carbons (Fsp3) is 0.294. The minimum atomic E-state index is -3.22. The van der Waals surface area contributed by atoms with Crippen LogP contribution in [0.25, 0.3) is 20.7 Å². The molecule has 0 spiro atoms. The number of nitrogens with zero attached hydrogens (tertiary/aromatic N) is 2. The number of allylic oxidation sites excluding steroid dienone is 1. The van der Waals surface area contributed by atoms with Crippen LogP contribution in [0.4, 0.5) is 0 Å². The van der Waals surface area contributed by atoms with E-state index >= 15 is 0 Å². The van der Waals surface area contributed by atoms with E-state index in [0.29, 0.717) is 34.1 Å². The van der Waals surface area contributed by atoms with Gasteiger partial charge in [-0.3, -0.25) is 9.36 Å². The molecule has 0 unspecified atom stereocenters. The molecule has 0 amide bonds. The molecule has 0 bridgehead atoms. The average molecular weight is 442 g/mol.